The van der Waals surface area contributed by atoms with Gasteiger partial charge in [0.05, 0.1) is 5.56 Å². The number of fused-ring (bicyclic) bond motifs is 1. The van der Waals surface area contributed by atoms with Gasteiger partial charge in [0.1, 0.15) is 16.8 Å². The van der Waals surface area contributed by atoms with Crippen molar-refractivity contribution in [1.29, 1.82) is 0 Å². The lowest BCUT2D eigenvalue weighted by Gasteiger charge is -2.32. The molecule has 1 heterocycles. The fourth-order valence-corrected chi connectivity index (χ4v) is 6.07. The van der Waals surface area contributed by atoms with E-state index >= 15 is 0 Å². The molecule has 1 N–H and O–H groups in total. The molecule has 8 nitrogen and oxygen atoms in total. The van der Waals surface area contributed by atoms with Crippen molar-refractivity contribution in [2.45, 2.75) is 43.7 Å². The summed E-state index contributed by atoms with van der Waals surface area (Å²) >= 11 is 0. The second-order valence-corrected chi connectivity index (χ2v) is 11.1. The normalized spacial score (nSPS) is 14.5. The first-order valence-corrected chi connectivity index (χ1v) is 14.2. The van der Waals surface area contributed by atoms with E-state index in [0.717, 1.165) is 5.56 Å². The van der Waals surface area contributed by atoms with Crippen LogP contribution >= 0.6 is 0 Å². The van der Waals surface area contributed by atoms with E-state index in [1.54, 1.807) is 6.07 Å². The number of carbonyl (C=O) groups is 3. The van der Waals surface area contributed by atoms with Gasteiger partial charge in [0.2, 0.25) is 11.8 Å². The molecular formula is C29H30FN3O5S. The molecule has 3 aromatic rings. The molecule has 0 spiro atoms. The lowest BCUT2D eigenvalue weighted by atomic mass is 10.0. The monoisotopic (exact) mass is 551 g/mol. The van der Waals surface area contributed by atoms with Crippen LogP contribution in [0.3, 0.4) is 0 Å². The van der Waals surface area contributed by atoms with Gasteiger partial charge in [0, 0.05) is 32.5 Å². The number of nitrogens with zero attached hydrogens (tertiary/aromatic N) is 2. The van der Waals surface area contributed by atoms with Gasteiger partial charge in [-0.15, -0.1) is 0 Å². The van der Waals surface area contributed by atoms with Gasteiger partial charge in [-0.05, 0) is 41.8 Å². The van der Waals surface area contributed by atoms with E-state index in [2.05, 4.69) is 5.32 Å². The second-order valence-electron chi connectivity index (χ2n) is 9.27. The molecule has 204 valence electrons. The summed E-state index contributed by atoms with van der Waals surface area (Å²) in [4.78, 5) is 41.2. The molecule has 0 radical (unpaired) electrons. The predicted octanol–water partition coefficient (Wildman–Crippen LogP) is 3.53. The highest BCUT2D eigenvalue weighted by atomic mass is 32.2. The fourth-order valence-electron chi connectivity index (χ4n) is 4.50. The van der Waals surface area contributed by atoms with E-state index in [-0.39, 0.29) is 42.3 Å². The van der Waals surface area contributed by atoms with E-state index in [9.17, 15) is 27.2 Å². The number of hydrogen-bond acceptors (Lipinski definition) is 5. The smallest absolute Gasteiger partial charge is 0.269 e. The van der Waals surface area contributed by atoms with Gasteiger partial charge in [0.15, 0.2) is 0 Å². The van der Waals surface area contributed by atoms with Crippen LogP contribution in [-0.4, -0.2) is 54.5 Å². The first-order chi connectivity index (χ1) is 18.7. The number of sulfonamides is 1. The van der Waals surface area contributed by atoms with Gasteiger partial charge in [-0.25, -0.2) is 17.1 Å². The van der Waals surface area contributed by atoms with Crippen LogP contribution < -0.4 is 5.32 Å². The first-order valence-electron chi connectivity index (χ1n) is 12.7. The van der Waals surface area contributed by atoms with Crippen LogP contribution in [0.5, 0.6) is 0 Å². The summed E-state index contributed by atoms with van der Waals surface area (Å²) in [7, 11) is -4.09. The molecule has 39 heavy (non-hydrogen) atoms. The highest BCUT2D eigenvalue weighted by Crippen LogP contribution is 2.30. The highest BCUT2D eigenvalue weighted by molar-refractivity contribution is 7.90. The molecule has 1 aliphatic heterocycles. The minimum absolute atomic E-state index is 0.00290. The maximum atomic E-state index is 13.7. The number of halogens is 1. The van der Waals surface area contributed by atoms with Gasteiger partial charge >= 0.3 is 0 Å². The standard InChI is InChI=1S/C29H30FN3O5S/c1-2-17-31-28(35)25(19-21-8-4-3-5-9-21)32(20-22-12-14-23(30)15-13-22)27(34)16-18-33-29(36)24-10-6-7-11-26(24)39(33,37)38/h3-15,25H,2,16-20H2,1H3,(H,31,35). The molecule has 0 saturated heterocycles. The molecule has 10 heteroatoms. The van der Waals surface area contributed by atoms with Crippen LogP contribution in [-0.2, 0) is 32.6 Å². The van der Waals surface area contributed by atoms with Gasteiger partial charge in [-0.1, -0.05) is 61.5 Å². The number of nitrogens with one attached hydrogen (secondary N) is 1. The molecular weight excluding hydrogens is 521 g/mol. The molecule has 1 atom stereocenters. The number of carbonyl (C=O) groups excluding carboxylic acids is 3. The van der Waals surface area contributed by atoms with E-state index in [1.807, 2.05) is 37.3 Å². The maximum Gasteiger partial charge on any atom is 0.269 e. The van der Waals surface area contributed by atoms with Crippen molar-refractivity contribution in [3.63, 3.8) is 0 Å². The third-order valence-electron chi connectivity index (χ3n) is 6.53. The van der Waals surface area contributed by atoms with E-state index in [0.29, 0.717) is 22.8 Å². The highest BCUT2D eigenvalue weighted by Gasteiger charge is 2.41. The zero-order valence-electron chi connectivity index (χ0n) is 21.5. The fraction of sp³-hybridized carbons (Fsp3) is 0.276. The lowest BCUT2D eigenvalue weighted by Crippen LogP contribution is -2.51. The summed E-state index contributed by atoms with van der Waals surface area (Å²) in [5, 5.41) is 2.86. The van der Waals surface area contributed by atoms with Crippen LogP contribution in [0.15, 0.2) is 83.8 Å². The number of amides is 3. The quantitative estimate of drug-likeness (QED) is 0.393. The molecule has 3 amide bonds. The summed E-state index contributed by atoms with van der Waals surface area (Å²) in [5.74, 6) is -1.99. The molecule has 0 fully saturated rings. The molecule has 3 aromatic carbocycles. The summed E-state index contributed by atoms with van der Waals surface area (Å²) < 4.78 is 40.2. The average molecular weight is 552 g/mol. The third kappa shape index (κ3) is 6.34. The SMILES string of the molecule is CCCNC(=O)C(Cc1ccccc1)N(Cc1ccc(F)cc1)C(=O)CCN1C(=O)c2ccccc2S1(=O)=O. The van der Waals surface area contributed by atoms with E-state index in [1.165, 1.54) is 47.4 Å². The van der Waals surface area contributed by atoms with Crippen LogP contribution in [0.4, 0.5) is 4.39 Å². The Kier molecular flexibility index (Phi) is 8.75. The molecule has 0 aliphatic carbocycles. The zero-order valence-corrected chi connectivity index (χ0v) is 22.4. The molecule has 0 aromatic heterocycles. The van der Waals surface area contributed by atoms with Crippen LogP contribution in [0.1, 0.15) is 41.3 Å². The van der Waals surface area contributed by atoms with Gasteiger partial charge < -0.3 is 10.2 Å². The molecule has 0 saturated carbocycles. The van der Waals surface area contributed by atoms with E-state index < -0.39 is 33.7 Å². The van der Waals surface area contributed by atoms with Crippen LogP contribution in [0, 0.1) is 5.82 Å². The number of rotatable bonds is 11. The maximum absolute atomic E-state index is 13.7. The van der Waals surface area contributed by atoms with E-state index in [4.69, 9.17) is 0 Å². The average Bonchev–Trinajstić information content (AvgIpc) is 3.14. The Bertz CT molecular complexity index is 1450. The van der Waals surface area contributed by atoms with Crippen LogP contribution in [0.2, 0.25) is 0 Å². The van der Waals surface area contributed by atoms with Gasteiger partial charge in [0.25, 0.3) is 15.9 Å². The van der Waals surface area contributed by atoms with Crippen molar-refractivity contribution in [2.75, 3.05) is 13.1 Å². The molecule has 4 rings (SSSR count). The second kappa shape index (κ2) is 12.2. The Morgan fingerprint density at radius 3 is 2.28 bits per heavy atom. The van der Waals surface area contributed by atoms with Crippen molar-refractivity contribution in [3.05, 3.63) is 101 Å². The molecule has 1 unspecified atom stereocenters. The van der Waals surface area contributed by atoms with Crippen molar-refractivity contribution in [1.82, 2.24) is 14.5 Å². The molecule has 1 aliphatic rings. The van der Waals surface area contributed by atoms with Crippen molar-refractivity contribution >= 4 is 27.7 Å². The number of hydrogen-bond donors (Lipinski definition) is 1. The molecule has 0 bridgehead atoms. The van der Waals surface area contributed by atoms with Crippen molar-refractivity contribution in [3.8, 4) is 0 Å². The topological polar surface area (TPSA) is 104 Å². The first kappa shape index (κ1) is 28.0. The van der Waals surface area contributed by atoms with Crippen molar-refractivity contribution < 1.29 is 27.2 Å². The lowest BCUT2D eigenvalue weighted by molar-refractivity contribution is -0.141. The zero-order chi connectivity index (χ0) is 28.0. The predicted molar refractivity (Wildman–Crippen MR) is 143 cm³/mol. The largest absolute Gasteiger partial charge is 0.354 e. The Labute approximate surface area is 227 Å². The Balaban J connectivity index is 1.62. The van der Waals surface area contributed by atoms with Gasteiger partial charge in [-0.3, -0.25) is 14.4 Å². The summed E-state index contributed by atoms with van der Waals surface area (Å²) in [6.07, 6.45) is 0.591. The summed E-state index contributed by atoms with van der Waals surface area (Å²) in [5.41, 5.74) is 1.50. The van der Waals surface area contributed by atoms with Gasteiger partial charge in [-0.2, -0.15) is 0 Å². The minimum atomic E-state index is -4.09. The third-order valence-corrected chi connectivity index (χ3v) is 8.37. The minimum Gasteiger partial charge on any atom is -0.354 e. The van der Waals surface area contributed by atoms with Crippen LogP contribution in [0.25, 0.3) is 0 Å². The Morgan fingerprint density at radius 2 is 1.62 bits per heavy atom. The summed E-state index contributed by atoms with van der Waals surface area (Å²) in [6.45, 7) is 1.96. The Hall–Kier alpha value is -4.05. The van der Waals surface area contributed by atoms with Crippen molar-refractivity contribution in [2.24, 2.45) is 0 Å². The summed E-state index contributed by atoms with van der Waals surface area (Å²) in [6, 6.07) is 19.8. The Morgan fingerprint density at radius 1 is 0.949 bits per heavy atom. The number of benzene rings is 3.